The molecule has 0 amide bonds. The van der Waals surface area contributed by atoms with Crippen LogP contribution in [0.1, 0.15) is 78.1 Å². The molecule has 3 saturated carbocycles. The summed E-state index contributed by atoms with van der Waals surface area (Å²) in [6, 6.07) is 0. The minimum Gasteiger partial charge on any atom is -0.512 e. The van der Waals surface area contributed by atoms with Gasteiger partial charge in [-0.25, -0.2) is 0 Å². The van der Waals surface area contributed by atoms with Crippen LogP contribution in [0.3, 0.4) is 0 Å². The summed E-state index contributed by atoms with van der Waals surface area (Å²) in [5.74, 6) is 5.49. The normalized spacial score (nSPS) is 49.5. The SMILES string of the molecule is CCC1=C(O)CC2CC[C@@H]3[C@H](CC[C@]4(C)CCC[C@@H]34)[C@H]2C1. The van der Waals surface area contributed by atoms with Gasteiger partial charge in [0.05, 0.1) is 5.76 Å². The number of rotatable bonds is 1. The molecule has 21 heavy (non-hydrogen) atoms. The number of fused-ring (bicyclic) bond motifs is 5. The van der Waals surface area contributed by atoms with Gasteiger partial charge in [0.2, 0.25) is 0 Å². The summed E-state index contributed by atoms with van der Waals surface area (Å²) in [5.41, 5.74) is 2.07. The highest BCUT2D eigenvalue weighted by Crippen LogP contribution is 2.62. The molecule has 118 valence electrons. The maximum absolute atomic E-state index is 10.3. The quantitative estimate of drug-likeness (QED) is 0.640. The Balaban J connectivity index is 1.59. The highest BCUT2D eigenvalue weighted by molar-refractivity contribution is 5.16. The summed E-state index contributed by atoms with van der Waals surface area (Å²) in [7, 11) is 0. The molecule has 1 heteroatoms. The summed E-state index contributed by atoms with van der Waals surface area (Å²) >= 11 is 0. The van der Waals surface area contributed by atoms with E-state index < -0.39 is 0 Å². The van der Waals surface area contributed by atoms with E-state index >= 15 is 0 Å². The lowest BCUT2D eigenvalue weighted by Crippen LogP contribution is -2.46. The molecule has 1 nitrogen and oxygen atoms in total. The van der Waals surface area contributed by atoms with Crippen molar-refractivity contribution in [1.29, 1.82) is 0 Å². The van der Waals surface area contributed by atoms with Crippen molar-refractivity contribution in [3.63, 3.8) is 0 Å². The van der Waals surface area contributed by atoms with E-state index in [1.54, 1.807) is 0 Å². The topological polar surface area (TPSA) is 20.2 Å². The van der Waals surface area contributed by atoms with E-state index in [1.165, 1.54) is 56.9 Å². The summed E-state index contributed by atoms with van der Waals surface area (Å²) in [6.07, 6.45) is 13.6. The molecule has 4 aliphatic rings. The zero-order valence-corrected chi connectivity index (χ0v) is 13.9. The monoisotopic (exact) mass is 288 g/mol. The largest absolute Gasteiger partial charge is 0.512 e. The molecular weight excluding hydrogens is 256 g/mol. The van der Waals surface area contributed by atoms with Gasteiger partial charge < -0.3 is 5.11 Å². The molecule has 1 unspecified atom stereocenters. The Morgan fingerprint density at radius 1 is 1.00 bits per heavy atom. The number of hydrogen-bond donors (Lipinski definition) is 1. The molecule has 0 spiro atoms. The van der Waals surface area contributed by atoms with E-state index in [9.17, 15) is 5.11 Å². The number of aliphatic hydroxyl groups is 1. The second-order valence-corrected chi connectivity index (χ2v) is 8.83. The lowest BCUT2D eigenvalue weighted by atomic mass is 9.51. The Morgan fingerprint density at radius 3 is 2.67 bits per heavy atom. The van der Waals surface area contributed by atoms with Crippen molar-refractivity contribution < 1.29 is 5.11 Å². The molecule has 4 rings (SSSR count). The average molecular weight is 288 g/mol. The van der Waals surface area contributed by atoms with Crippen molar-refractivity contribution >= 4 is 0 Å². The maximum Gasteiger partial charge on any atom is 0.0917 e. The zero-order valence-electron chi connectivity index (χ0n) is 13.9. The van der Waals surface area contributed by atoms with Crippen molar-refractivity contribution in [3.8, 4) is 0 Å². The first-order valence-electron chi connectivity index (χ1n) is 9.52. The average Bonchev–Trinajstić information content (AvgIpc) is 2.88. The molecule has 0 aromatic heterocycles. The fraction of sp³-hybridized carbons (Fsp3) is 0.900. The van der Waals surface area contributed by atoms with Crippen LogP contribution in [-0.4, -0.2) is 5.11 Å². The van der Waals surface area contributed by atoms with Crippen molar-refractivity contribution in [2.75, 3.05) is 0 Å². The lowest BCUT2D eigenvalue weighted by molar-refractivity contribution is -0.0424. The molecule has 0 bridgehead atoms. The van der Waals surface area contributed by atoms with E-state index in [2.05, 4.69) is 13.8 Å². The van der Waals surface area contributed by atoms with Gasteiger partial charge in [-0.05, 0) is 91.9 Å². The molecule has 0 heterocycles. The van der Waals surface area contributed by atoms with Crippen molar-refractivity contribution in [1.82, 2.24) is 0 Å². The van der Waals surface area contributed by atoms with Gasteiger partial charge in [0.1, 0.15) is 0 Å². The molecule has 0 aliphatic heterocycles. The van der Waals surface area contributed by atoms with E-state index in [0.29, 0.717) is 5.41 Å². The summed E-state index contributed by atoms with van der Waals surface area (Å²) in [6.45, 7) is 4.82. The third kappa shape index (κ3) is 2.10. The molecule has 0 saturated heterocycles. The van der Waals surface area contributed by atoms with Crippen LogP contribution in [0.25, 0.3) is 0 Å². The van der Waals surface area contributed by atoms with Gasteiger partial charge in [-0.3, -0.25) is 0 Å². The van der Waals surface area contributed by atoms with Crippen LogP contribution in [-0.2, 0) is 0 Å². The Morgan fingerprint density at radius 2 is 1.86 bits per heavy atom. The van der Waals surface area contributed by atoms with Crippen molar-refractivity contribution in [2.45, 2.75) is 78.1 Å². The standard InChI is InChI=1S/C20H32O/c1-3-13-11-17-14(12-19(13)21)6-7-16-15(17)8-10-20(2)9-4-5-18(16)20/h14-18,21H,3-12H2,1-2H3/t14?,15-,16+,17-,18-,20-/m0/s1. The van der Waals surface area contributed by atoms with Crippen LogP contribution in [0, 0.1) is 35.0 Å². The van der Waals surface area contributed by atoms with Gasteiger partial charge in [0, 0.05) is 6.42 Å². The first-order chi connectivity index (χ1) is 10.1. The first-order valence-corrected chi connectivity index (χ1v) is 9.52. The molecular formula is C20H32O. The third-order valence-electron chi connectivity index (χ3n) is 8.07. The molecule has 6 atom stereocenters. The summed E-state index contributed by atoms with van der Waals surface area (Å²) < 4.78 is 0. The number of hydrogen-bond acceptors (Lipinski definition) is 1. The fourth-order valence-electron chi connectivity index (χ4n) is 6.94. The summed E-state index contributed by atoms with van der Waals surface area (Å²) in [5, 5.41) is 10.3. The van der Waals surface area contributed by atoms with Gasteiger partial charge in [-0.15, -0.1) is 0 Å². The maximum atomic E-state index is 10.3. The van der Waals surface area contributed by atoms with Gasteiger partial charge in [0.15, 0.2) is 0 Å². The Labute approximate surface area is 130 Å². The predicted octanol–water partition coefficient (Wildman–Crippen LogP) is 5.86. The Kier molecular flexibility index (Phi) is 3.39. The van der Waals surface area contributed by atoms with E-state index in [4.69, 9.17) is 0 Å². The van der Waals surface area contributed by atoms with Gasteiger partial charge in [0.25, 0.3) is 0 Å². The van der Waals surface area contributed by atoms with Gasteiger partial charge >= 0.3 is 0 Å². The first kappa shape index (κ1) is 14.2. The molecule has 0 radical (unpaired) electrons. The minimum absolute atomic E-state index is 0.689. The van der Waals surface area contributed by atoms with Gasteiger partial charge in [-0.1, -0.05) is 20.3 Å². The van der Waals surface area contributed by atoms with Crippen molar-refractivity contribution in [3.05, 3.63) is 11.3 Å². The predicted molar refractivity (Wildman–Crippen MR) is 87.1 cm³/mol. The van der Waals surface area contributed by atoms with E-state index in [0.717, 1.165) is 48.2 Å². The number of aliphatic hydroxyl groups excluding tert-OH is 1. The zero-order chi connectivity index (χ0) is 14.6. The Bertz CT molecular complexity index is 451. The third-order valence-corrected chi connectivity index (χ3v) is 8.07. The van der Waals surface area contributed by atoms with E-state index in [1.807, 2.05) is 0 Å². The second kappa shape index (κ2) is 5.03. The molecule has 0 aromatic rings. The number of allylic oxidation sites excluding steroid dienone is 2. The van der Waals surface area contributed by atoms with Crippen LogP contribution in [0.15, 0.2) is 11.3 Å². The van der Waals surface area contributed by atoms with Crippen LogP contribution in [0.4, 0.5) is 0 Å². The van der Waals surface area contributed by atoms with Crippen LogP contribution < -0.4 is 0 Å². The molecule has 3 fully saturated rings. The second-order valence-electron chi connectivity index (χ2n) is 8.83. The van der Waals surface area contributed by atoms with E-state index in [-0.39, 0.29) is 0 Å². The van der Waals surface area contributed by atoms with Crippen molar-refractivity contribution in [2.24, 2.45) is 35.0 Å². The summed E-state index contributed by atoms with van der Waals surface area (Å²) in [4.78, 5) is 0. The lowest BCUT2D eigenvalue weighted by Gasteiger charge is -2.54. The Hall–Kier alpha value is -0.460. The minimum atomic E-state index is 0.689. The highest BCUT2D eigenvalue weighted by atomic mass is 16.3. The van der Waals surface area contributed by atoms with Gasteiger partial charge in [-0.2, -0.15) is 0 Å². The van der Waals surface area contributed by atoms with Crippen LogP contribution >= 0.6 is 0 Å². The molecule has 4 aliphatic carbocycles. The molecule has 1 N–H and O–H groups in total. The smallest absolute Gasteiger partial charge is 0.0917 e. The molecule has 0 aromatic carbocycles. The highest BCUT2D eigenvalue weighted by Gasteiger charge is 2.53. The van der Waals surface area contributed by atoms with Crippen LogP contribution in [0.2, 0.25) is 0 Å². The van der Waals surface area contributed by atoms with Crippen LogP contribution in [0.5, 0.6) is 0 Å². The fourth-order valence-corrected chi connectivity index (χ4v) is 6.94.